The van der Waals surface area contributed by atoms with E-state index in [0.717, 1.165) is 18.5 Å². The van der Waals surface area contributed by atoms with E-state index in [0.29, 0.717) is 6.61 Å². The minimum absolute atomic E-state index is 0.274. The van der Waals surface area contributed by atoms with Gasteiger partial charge in [-0.3, -0.25) is 0 Å². The molecule has 0 amide bonds. The average Bonchev–Trinajstić information content (AvgIpc) is 3.11. The maximum Gasteiger partial charge on any atom is 0.0499 e. The molecule has 2 saturated carbocycles. The fourth-order valence-corrected chi connectivity index (χ4v) is 2.92. The maximum absolute atomic E-state index is 9.28. The molecule has 2 aliphatic rings. The Bertz CT molecular complexity index is 213. The highest BCUT2D eigenvalue weighted by Gasteiger charge is 2.41. The Morgan fingerprint density at radius 2 is 2.00 bits per heavy atom. The summed E-state index contributed by atoms with van der Waals surface area (Å²) in [6, 6.07) is 0.723. The van der Waals surface area contributed by atoms with Crippen molar-refractivity contribution in [3.05, 3.63) is 0 Å². The topological polar surface area (TPSA) is 32.3 Å². The van der Waals surface area contributed by atoms with Crippen LogP contribution < -0.4 is 5.32 Å². The molecule has 0 radical (unpaired) electrons. The first-order valence-electron chi connectivity index (χ1n) is 7.12. The Labute approximate surface area is 99.8 Å². The molecular formula is C14H27NO. The van der Waals surface area contributed by atoms with Crippen molar-refractivity contribution >= 4 is 0 Å². The molecule has 2 rings (SSSR count). The molecule has 2 unspecified atom stereocenters. The van der Waals surface area contributed by atoms with Crippen LogP contribution in [0.4, 0.5) is 0 Å². The van der Waals surface area contributed by atoms with Gasteiger partial charge in [-0.1, -0.05) is 26.2 Å². The smallest absolute Gasteiger partial charge is 0.0499 e. The Hall–Kier alpha value is -0.0800. The third-order valence-electron chi connectivity index (χ3n) is 4.72. The lowest BCUT2D eigenvalue weighted by atomic mass is 9.97. The first kappa shape index (κ1) is 12.4. The van der Waals surface area contributed by atoms with Crippen molar-refractivity contribution in [3.63, 3.8) is 0 Å². The number of nitrogens with one attached hydrogen (secondary N) is 1. The van der Waals surface area contributed by atoms with E-state index in [1.807, 2.05) is 0 Å². The van der Waals surface area contributed by atoms with Gasteiger partial charge in [-0.2, -0.15) is 0 Å². The highest BCUT2D eigenvalue weighted by atomic mass is 16.3. The van der Waals surface area contributed by atoms with Crippen molar-refractivity contribution in [2.24, 2.45) is 11.3 Å². The zero-order chi connectivity index (χ0) is 11.4. The second-order valence-corrected chi connectivity index (χ2v) is 6.02. The third-order valence-corrected chi connectivity index (χ3v) is 4.72. The Morgan fingerprint density at radius 1 is 1.19 bits per heavy atom. The third kappa shape index (κ3) is 3.21. The summed E-state index contributed by atoms with van der Waals surface area (Å²) in [5.74, 6) is 0.972. The maximum atomic E-state index is 9.28. The molecule has 0 spiro atoms. The summed E-state index contributed by atoms with van der Waals surface area (Å²) in [5, 5.41) is 13.0. The van der Waals surface area contributed by atoms with E-state index in [1.54, 1.807) is 0 Å². The number of rotatable bonds is 5. The minimum Gasteiger partial charge on any atom is -0.396 e. The van der Waals surface area contributed by atoms with Crippen LogP contribution in [0, 0.1) is 11.3 Å². The summed E-state index contributed by atoms with van der Waals surface area (Å²) in [7, 11) is 0. The van der Waals surface area contributed by atoms with Gasteiger partial charge in [0.25, 0.3) is 0 Å². The summed E-state index contributed by atoms with van der Waals surface area (Å²) in [5.41, 5.74) is 0.274. The quantitative estimate of drug-likeness (QED) is 0.705. The molecule has 16 heavy (non-hydrogen) atoms. The molecule has 0 saturated heterocycles. The minimum atomic E-state index is 0.274. The van der Waals surface area contributed by atoms with Crippen LogP contribution >= 0.6 is 0 Å². The number of aliphatic hydroxyl groups is 1. The summed E-state index contributed by atoms with van der Waals surface area (Å²) in [6.07, 6.45) is 10.7. The molecular weight excluding hydrogens is 198 g/mol. The number of hydrogen-bond donors (Lipinski definition) is 2. The van der Waals surface area contributed by atoms with Crippen LogP contribution in [0.5, 0.6) is 0 Å². The molecule has 0 heterocycles. The summed E-state index contributed by atoms with van der Waals surface area (Å²) in [6.45, 7) is 3.75. The van der Waals surface area contributed by atoms with Crippen LogP contribution in [-0.2, 0) is 0 Å². The lowest BCUT2D eigenvalue weighted by molar-refractivity contribution is 0.202. The Morgan fingerprint density at radius 3 is 2.62 bits per heavy atom. The molecule has 0 aliphatic heterocycles. The van der Waals surface area contributed by atoms with Crippen LogP contribution in [0.15, 0.2) is 0 Å². The van der Waals surface area contributed by atoms with Crippen LogP contribution in [-0.4, -0.2) is 24.3 Å². The second kappa shape index (κ2) is 5.50. The molecule has 2 N–H and O–H groups in total. The summed E-state index contributed by atoms with van der Waals surface area (Å²) in [4.78, 5) is 0. The van der Waals surface area contributed by atoms with Crippen LogP contribution in [0.3, 0.4) is 0 Å². The first-order valence-corrected chi connectivity index (χ1v) is 7.12. The monoisotopic (exact) mass is 225 g/mol. The molecule has 0 aromatic rings. The van der Waals surface area contributed by atoms with Crippen molar-refractivity contribution in [3.8, 4) is 0 Å². The van der Waals surface area contributed by atoms with Gasteiger partial charge in [0.15, 0.2) is 0 Å². The van der Waals surface area contributed by atoms with E-state index < -0.39 is 0 Å². The average molecular weight is 225 g/mol. The second-order valence-electron chi connectivity index (χ2n) is 6.02. The van der Waals surface area contributed by atoms with E-state index in [2.05, 4.69) is 12.2 Å². The fourth-order valence-electron chi connectivity index (χ4n) is 2.92. The molecule has 2 aliphatic carbocycles. The fraction of sp³-hybridized carbons (Fsp3) is 1.00. The lowest BCUT2D eigenvalue weighted by Crippen LogP contribution is -2.35. The number of hydrogen-bond acceptors (Lipinski definition) is 2. The highest BCUT2D eigenvalue weighted by Crippen LogP contribution is 2.44. The van der Waals surface area contributed by atoms with Gasteiger partial charge in [0.2, 0.25) is 0 Å². The van der Waals surface area contributed by atoms with E-state index in [1.165, 1.54) is 51.4 Å². The van der Waals surface area contributed by atoms with Crippen molar-refractivity contribution in [2.45, 2.75) is 64.3 Å². The van der Waals surface area contributed by atoms with Crippen molar-refractivity contribution < 1.29 is 5.11 Å². The SMILES string of the molecule is CCC1CCCC(NCC2(CO)CC2)CC1. The van der Waals surface area contributed by atoms with Gasteiger partial charge in [0.1, 0.15) is 0 Å². The zero-order valence-electron chi connectivity index (χ0n) is 10.7. The largest absolute Gasteiger partial charge is 0.396 e. The van der Waals surface area contributed by atoms with Gasteiger partial charge in [-0.25, -0.2) is 0 Å². The number of aliphatic hydroxyl groups excluding tert-OH is 1. The van der Waals surface area contributed by atoms with E-state index in [9.17, 15) is 5.11 Å². The van der Waals surface area contributed by atoms with Crippen molar-refractivity contribution in [1.29, 1.82) is 0 Å². The van der Waals surface area contributed by atoms with Gasteiger partial charge >= 0.3 is 0 Å². The van der Waals surface area contributed by atoms with Gasteiger partial charge in [0.05, 0.1) is 0 Å². The first-order chi connectivity index (χ1) is 7.78. The van der Waals surface area contributed by atoms with E-state index in [-0.39, 0.29) is 5.41 Å². The Balaban J connectivity index is 1.69. The molecule has 0 aromatic carbocycles. The van der Waals surface area contributed by atoms with Gasteiger partial charge in [-0.05, 0) is 38.0 Å². The van der Waals surface area contributed by atoms with E-state index >= 15 is 0 Å². The van der Waals surface area contributed by atoms with Crippen molar-refractivity contribution in [1.82, 2.24) is 5.32 Å². The molecule has 2 fully saturated rings. The molecule has 2 nitrogen and oxygen atoms in total. The summed E-state index contributed by atoms with van der Waals surface area (Å²) < 4.78 is 0. The van der Waals surface area contributed by atoms with Crippen LogP contribution in [0.2, 0.25) is 0 Å². The van der Waals surface area contributed by atoms with Crippen LogP contribution in [0.1, 0.15) is 58.3 Å². The van der Waals surface area contributed by atoms with Crippen molar-refractivity contribution in [2.75, 3.05) is 13.2 Å². The lowest BCUT2D eigenvalue weighted by Gasteiger charge is -2.20. The van der Waals surface area contributed by atoms with Crippen LogP contribution in [0.25, 0.3) is 0 Å². The zero-order valence-corrected chi connectivity index (χ0v) is 10.7. The van der Waals surface area contributed by atoms with Gasteiger partial charge in [0, 0.05) is 24.6 Å². The summed E-state index contributed by atoms with van der Waals surface area (Å²) >= 11 is 0. The molecule has 0 aromatic heterocycles. The molecule has 2 heteroatoms. The molecule has 94 valence electrons. The predicted molar refractivity (Wildman–Crippen MR) is 67.4 cm³/mol. The predicted octanol–water partition coefficient (Wildman–Crippen LogP) is 2.71. The highest BCUT2D eigenvalue weighted by molar-refractivity contribution is 4.95. The molecule has 2 atom stereocenters. The van der Waals surface area contributed by atoms with Gasteiger partial charge in [-0.15, -0.1) is 0 Å². The standard InChI is InChI=1S/C14H27NO/c1-2-12-4-3-5-13(7-6-12)15-10-14(11-16)8-9-14/h12-13,15-16H,2-11H2,1H3. The normalized spacial score (nSPS) is 33.4. The van der Waals surface area contributed by atoms with E-state index in [4.69, 9.17) is 0 Å². The van der Waals surface area contributed by atoms with Gasteiger partial charge < -0.3 is 10.4 Å². The Kier molecular flexibility index (Phi) is 4.26. The molecule has 0 bridgehead atoms.